The van der Waals surface area contributed by atoms with Gasteiger partial charge in [-0.3, -0.25) is 4.79 Å². The third-order valence-electron chi connectivity index (χ3n) is 1.43. The van der Waals surface area contributed by atoms with E-state index in [9.17, 15) is 4.79 Å². The number of ether oxygens (including phenoxy) is 1. The van der Waals surface area contributed by atoms with Gasteiger partial charge in [0.15, 0.2) is 0 Å². The summed E-state index contributed by atoms with van der Waals surface area (Å²) in [4.78, 5) is 10.5. The molecule has 3 heteroatoms. The monoisotopic (exact) mass is 160 g/mol. The molecule has 0 aliphatic carbocycles. The second kappa shape index (κ2) is 5.13. The summed E-state index contributed by atoms with van der Waals surface area (Å²) in [5.74, 6) is -0.329. The predicted molar refractivity (Wildman–Crippen MR) is 42.1 cm³/mol. The van der Waals surface area contributed by atoms with Crippen LogP contribution in [0.5, 0.6) is 0 Å². The van der Waals surface area contributed by atoms with E-state index in [2.05, 4.69) is 0 Å². The fourth-order valence-electron chi connectivity index (χ4n) is 0.896. The molecule has 2 unspecified atom stereocenters. The van der Waals surface area contributed by atoms with Crippen molar-refractivity contribution in [3.05, 3.63) is 0 Å². The summed E-state index contributed by atoms with van der Waals surface area (Å²) in [5.41, 5.74) is 0. The Morgan fingerprint density at radius 3 is 2.45 bits per heavy atom. The van der Waals surface area contributed by atoms with Gasteiger partial charge in [0.2, 0.25) is 0 Å². The highest BCUT2D eigenvalue weighted by molar-refractivity contribution is 5.66. The number of hydrogen-bond acceptors (Lipinski definition) is 3. The van der Waals surface area contributed by atoms with E-state index >= 15 is 0 Å². The van der Waals surface area contributed by atoms with Crippen molar-refractivity contribution >= 4 is 5.97 Å². The predicted octanol–water partition coefficient (Wildman–Crippen LogP) is 1.10. The number of rotatable bonds is 4. The fourth-order valence-corrected chi connectivity index (χ4v) is 0.896. The van der Waals surface area contributed by atoms with Gasteiger partial charge in [0.05, 0.1) is 6.10 Å². The van der Waals surface area contributed by atoms with Crippen molar-refractivity contribution in [3.8, 4) is 0 Å². The van der Waals surface area contributed by atoms with Gasteiger partial charge < -0.3 is 9.84 Å². The number of carbonyl (C=O) groups is 1. The van der Waals surface area contributed by atoms with Gasteiger partial charge in [0.1, 0.15) is 6.10 Å². The normalized spacial score (nSPS) is 15.6. The van der Waals surface area contributed by atoms with Gasteiger partial charge in [-0.2, -0.15) is 0 Å². The molecule has 1 N–H and O–H groups in total. The van der Waals surface area contributed by atoms with Crippen molar-refractivity contribution in [2.45, 2.75) is 45.8 Å². The van der Waals surface area contributed by atoms with Gasteiger partial charge in [-0.15, -0.1) is 0 Å². The van der Waals surface area contributed by atoms with Crippen LogP contribution in [-0.2, 0) is 9.53 Å². The lowest BCUT2D eigenvalue weighted by Gasteiger charge is -2.18. The zero-order valence-corrected chi connectivity index (χ0v) is 7.33. The molecule has 3 nitrogen and oxygen atoms in total. The molecule has 66 valence electrons. The molecule has 0 fully saturated rings. The first-order valence-corrected chi connectivity index (χ1v) is 3.93. The molecule has 0 aromatic carbocycles. The molecule has 0 bridgehead atoms. The number of hydrogen-bond donors (Lipinski definition) is 1. The van der Waals surface area contributed by atoms with E-state index in [0.717, 1.165) is 12.8 Å². The average molecular weight is 160 g/mol. The molecule has 0 spiro atoms. The lowest BCUT2D eigenvalue weighted by molar-refractivity contribution is -0.152. The van der Waals surface area contributed by atoms with Crippen molar-refractivity contribution in [3.63, 3.8) is 0 Å². The third kappa shape index (κ3) is 4.79. The van der Waals surface area contributed by atoms with Crippen LogP contribution in [0.4, 0.5) is 0 Å². The van der Waals surface area contributed by atoms with Crippen molar-refractivity contribution in [2.75, 3.05) is 0 Å². The Morgan fingerprint density at radius 2 is 2.18 bits per heavy atom. The molecule has 0 amide bonds. The zero-order valence-electron chi connectivity index (χ0n) is 7.33. The van der Waals surface area contributed by atoms with Gasteiger partial charge in [0, 0.05) is 6.92 Å². The summed E-state index contributed by atoms with van der Waals surface area (Å²) in [6.07, 6.45) is 0.719. The van der Waals surface area contributed by atoms with Crippen LogP contribution < -0.4 is 0 Å². The van der Waals surface area contributed by atoms with Crippen molar-refractivity contribution in [2.24, 2.45) is 0 Å². The van der Waals surface area contributed by atoms with Crippen molar-refractivity contribution < 1.29 is 14.6 Å². The summed E-state index contributed by atoms with van der Waals surface area (Å²) >= 11 is 0. The lowest BCUT2D eigenvalue weighted by Crippen LogP contribution is -2.27. The molecular formula is C8H16O3. The number of esters is 1. The Kier molecular flexibility index (Phi) is 4.86. The highest BCUT2D eigenvalue weighted by Crippen LogP contribution is 2.06. The van der Waals surface area contributed by atoms with E-state index in [1.54, 1.807) is 6.92 Å². The molecule has 0 aromatic rings. The molecule has 0 heterocycles. The average Bonchev–Trinajstić information content (AvgIpc) is 1.86. The van der Waals surface area contributed by atoms with Crippen LogP contribution in [0.3, 0.4) is 0 Å². The van der Waals surface area contributed by atoms with E-state index in [1.165, 1.54) is 6.92 Å². The maximum Gasteiger partial charge on any atom is 0.302 e. The highest BCUT2D eigenvalue weighted by Gasteiger charge is 2.16. The SMILES string of the molecule is CCCC(OC(C)=O)C(C)O. The van der Waals surface area contributed by atoms with Crippen molar-refractivity contribution in [1.29, 1.82) is 0 Å². The molecule has 0 saturated heterocycles. The second-order valence-electron chi connectivity index (χ2n) is 2.68. The van der Waals surface area contributed by atoms with E-state index in [4.69, 9.17) is 9.84 Å². The van der Waals surface area contributed by atoms with E-state index in [1.807, 2.05) is 6.92 Å². The third-order valence-corrected chi connectivity index (χ3v) is 1.43. The lowest BCUT2D eigenvalue weighted by atomic mass is 10.1. The summed E-state index contributed by atoms with van der Waals surface area (Å²) in [6, 6.07) is 0. The van der Waals surface area contributed by atoms with Gasteiger partial charge in [-0.1, -0.05) is 13.3 Å². The Bertz CT molecular complexity index is 121. The quantitative estimate of drug-likeness (QED) is 0.626. The van der Waals surface area contributed by atoms with Crippen LogP contribution in [-0.4, -0.2) is 23.3 Å². The highest BCUT2D eigenvalue weighted by atomic mass is 16.6. The standard InChI is InChI=1S/C8H16O3/c1-4-5-8(6(2)9)11-7(3)10/h6,8-9H,4-5H2,1-3H3. The molecule has 0 aromatic heterocycles. The zero-order chi connectivity index (χ0) is 8.85. The van der Waals surface area contributed by atoms with Crippen LogP contribution in [0, 0.1) is 0 Å². The molecule has 0 saturated carbocycles. The first-order chi connectivity index (χ1) is 5.07. The molecular weight excluding hydrogens is 144 g/mol. The van der Waals surface area contributed by atoms with Crippen LogP contribution >= 0.6 is 0 Å². The largest absolute Gasteiger partial charge is 0.460 e. The minimum Gasteiger partial charge on any atom is -0.460 e. The Morgan fingerprint density at radius 1 is 1.64 bits per heavy atom. The van der Waals surface area contributed by atoms with Gasteiger partial charge in [-0.05, 0) is 13.3 Å². The van der Waals surface area contributed by atoms with E-state index in [-0.39, 0.29) is 12.1 Å². The van der Waals surface area contributed by atoms with Gasteiger partial charge in [0.25, 0.3) is 0 Å². The smallest absolute Gasteiger partial charge is 0.302 e. The van der Waals surface area contributed by atoms with Crippen LogP contribution in [0.15, 0.2) is 0 Å². The Hall–Kier alpha value is -0.570. The van der Waals surface area contributed by atoms with Gasteiger partial charge >= 0.3 is 5.97 Å². The number of aliphatic hydroxyl groups excluding tert-OH is 1. The fraction of sp³-hybridized carbons (Fsp3) is 0.875. The van der Waals surface area contributed by atoms with E-state index in [0.29, 0.717) is 0 Å². The number of aliphatic hydroxyl groups is 1. The maximum atomic E-state index is 10.5. The Balaban J connectivity index is 3.79. The summed E-state index contributed by atoms with van der Waals surface area (Å²) < 4.78 is 4.86. The maximum absolute atomic E-state index is 10.5. The van der Waals surface area contributed by atoms with Gasteiger partial charge in [-0.25, -0.2) is 0 Å². The van der Waals surface area contributed by atoms with Crippen LogP contribution in [0.1, 0.15) is 33.6 Å². The minimum absolute atomic E-state index is 0.329. The van der Waals surface area contributed by atoms with Crippen LogP contribution in [0.2, 0.25) is 0 Å². The van der Waals surface area contributed by atoms with E-state index < -0.39 is 6.10 Å². The summed E-state index contributed by atoms with van der Waals surface area (Å²) in [7, 11) is 0. The first-order valence-electron chi connectivity index (χ1n) is 3.93. The Labute approximate surface area is 67.4 Å². The summed E-state index contributed by atoms with van der Waals surface area (Å²) in [5, 5.41) is 9.11. The molecule has 0 aliphatic heterocycles. The molecule has 0 rings (SSSR count). The topological polar surface area (TPSA) is 46.5 Å². The molecule has 11 heavy (non-hydrogen) atoms. The number of carbonyl (C=O) groups excluding carboxylic acids is 1. The molecule has 2 atom stereocenters. The molecule has 0 aliphatic rings. The summed E-state index contributed by atoms with van der Waals surface area (Å²) in [6.45, 7) is 4.97. The minimum atomic E-state index is -0.571. The molecule has 0 radical (unpaired) electrons. The van der Waals surface area contributed by atoms with Crippen LogP contribution in [0.25, 0.3) is 0 Å². The first kappa shape index (κ1) is 10.4. The second-order valence-corrected chi connectivity index (χ2v) is 2.68. The van der Waals surface area contributed by atoms with Crippen molar-refractivity contribution in [1.82, 2.24) is 0 Å².